The van der Waals surface area contributed by atoms with Gasteiger partial charge in [0.2, 0.25) is 10.0 Å². The number of benzene rings is 3. The summed E-state index contributed by atoms with van der Waals surface area (Å²) in [5, 5.41) is 12.2. The first-order chi connectivity index (χ1) is 25.9. The van der Waals surface area contributed by atoms with Crippen molar-refractivity contribution in [3.63, 3.8) is 0 Å². The number of carbonyl (C=O) groups excluding carboxylic acids is 1. The van der Waals surface area contributed by atoms with Crippen LogP contribution in [0.2, 0.25) is 0 Å². The number of ether oxygens (including phenoxy) is 1. The quantitative estimate of drug-likeness (QED) is 0.0602. The number of sulfonamides is 1. The fraction of sp³-hybridized carbons (Fsp3) is 0.425. The van der Waals surface area contributed by atoms with E-state index in [1.54, 1.807) is 59.2 Å². The van der Waals surface area contributed by atoms with Crippen LogP contribution in [0.3, 0.4) is 0 Å². The molecule has 0 aliphatic heterocycles. The molecule has 290 valence electrons. The van der Waals surface area contributed by atoms with E-state index in [0.717, 1.165) is 56.0 Å². The molecule has 0 unspecified atom stereocenters. The first kappa shape index (κ1) is 41.7. The molecule has 0 radical (unpaired) electrons. The van der Waals surface area contributed by atoms with Gasteiger partial charge in [0.25, 0.3) is 11.5 Å². The summed E-state index contributed by atoms with van der Waals surface area (Å²) in [5.41, 5.74) is 2.72. The number of rotatable bonds is 22. The zero-order valence-corrected chi connectivity index (χ0v) is 32.5. The second kappa shape index (κ2) is 20.4. The Morgan fingerprint density at radius 3 is 2.28 bits per heavy atom. The van der Waals surface area contributed by atoms with Crippen molar-refractivity contribution in [3.05, 3.63) is 88.5 Å². The first-order valence-electron chi connectivity index (χ1n) is 18.5. The van der Waals surface area contributed by atoms with Crippen molar-refractivity contribution >= 4 is 55.6 Å². The second-order valence-corrected chi connectivity index (χ2v) is 15.0. The molecule has 54 heavy (non-hydrogen) atoms. The van der Waals surface area contributed by atoms with E-state index in [2.05, 4.69) is 10.0 Å². The Labute approximate surface area is 317 Å². The highest BCUT2D eigenvalue weighted by Crippen LogP contribution is 2.27. The number of hydrogen-bond acceptors (Lipinski definition) is 9. The van der Waals surface area contributed by atoms with Gasteiger partial charge in [-0.25, -0.2) is 23.1 Å². The third-order valence-corrected chi connectivity index (χ3v) is 9.80. The number of aryl methyl sites for hydroxylation is 1. The molecule has 0 aliphatic rings. The summed E-state index contributed by atoms with van der Waals surface area (Å²) in [6.45, 7) is 5.54. The lowest BCUT2D eigenvalue weighted by atomic mass is 10.1. The third kappa shape index (κ3) is 12.2. The van der Waals surface area contributed by atoms with Crippen LogP contribution in [0.25, 0.3) is 10.9 Å². The number of likely N-dealkylation sites (N-methyl/N-ethyl adjacent to an activating group) is 1. The molecule has 1 aromatic heterocycles. The summed E-state index contributed by atoms with van der Waals surface area (Å²) < 4.78 is 32.8. The van der Waals surface area contributed by atoms with Crippen molar-refractivity contribution in [3.8, 4) is 5.75 Å². The maximum absolute atomic E-state index is 14.3. The van der Waals surface area contributed by atoms with Gasteiger partial charge in [-0.15, -0.1) is 0 Å². The molecule has 3 N–H and O–H groups in total. The topological polar surface area (TPSA) is 172 Å². The van der Waals surface area contributed by atoms with Crippen molar-refractivity contribution in [1.82, 2.24) is 14.3 Å². The number of carbonyl (C=O) groups is 2. The molecule has 4 rings (SSSR count). The Hall–Kier alpha value is -5.08. The number of amides is 1. The Bertz CT molecular complexity index is 2100. The van der Waals surface area contributed by atoms with E-state index in [9.17, 15) is 22.8 Å². The molecule has 4 aromatic rings. The minimum atomic E-state index is -3.32. The van der Waals surface area contributed by atoms with Crippen molar-refractivity contribution in [2.75, 3.05) is 43.2 Å². The maximum Gasteiger partial charge on any atom is 0.303 e. The average Bonchev–Trinajstić information content (AvgIpc) is 3.14. The molecular weight excluding hydrogens is 709 g/mol. The number of anilines is 2. The Morgan fingerprint density at radius 1 is 0.944 bits per heavy atom. The summed E-state index contributed by atoms with van der Waals surface area (Å²) >= 11 is 0. The molecule has 0 saturated heterocycles. The molecule has 13 nitrogen and oxygen atoms in total. The van der Waals surface area contributed by atoms with Crippen LogP contribution in [0.4, 0.5) is 17.1 Å². The van der Waals surface area contributed by atoms with Crippen molar-refractivity contribution in [1.29, 1.82) is 0 Å². The van der Waals surface area contributed by atoms with Crippen LogP contribution < -0.4 is 25.2 Å². The smallest absolute Gasteiger partial charge is 0.303 e. The molecule has 0 aliphatic carbocycles. The lowest BCUT2D eigenvalue weighted by Gasteiger charge is -2.24. The summed E-state index contributed by atoms with van der Waals surface area (Å²) in [4.78, 5) is 51.0. The SMILES string of the molecule is CCN(CCNS(C)(=O)=O)c1ccc(N=C(C(=O)Nc2ccccc2OC)c2nc3ccccc3c(=O)n2CCCCCCCCCCC(=O)O)c(C)c1. The monoisotopic (exact) mass is 760 g/mol. The molecule has 3 aromatic carbocycles. The molecule has 14 heteroatoms. The fourth-order valence-corrected chi connectivity index (χ4v) is 6.67. The number of nitrogens with zero attached hydrogens (tertiary/aromatic N) is 4. The number of fused-ring (bicyclic) bond motifs is 1. The minimum Gasteiger partial charge on any atom is -0.495 e. The van der Waals surface area contributed by atoms with Crippen LogP contribution in [-0.4, -0.2) is 73.7 Å². The number of carboxylic acid groups (broad SMARTS) is 1. The number of unbranched alkanes of at least 4 members (excludes halogenated alkanes) is 7. The van der Waals surface area contributed by atoms with Gasteiger partial charge in [-0.05, 0) is 74.7 Å². The fourth-order valence-electron chi connectivity index (χ4n) is 6.21. The predicted octanol–water partition coefficient (Wildman–Crippen LogP) is 6.44. The molecule has 1 amide bonds. The first-order valence-corrected chi connectivity index (χ1v) is 20.4. The summed E-state index contributed by atoms with van der Waals surface area (Å²) in [5.74, 6) is -0.719. The van der Waals surface area contributed by atoms with E-state index in [-0.39, 0.29) is 30.1 Å². The van der Waals surface area contributed by atoms with Crippen LogP contribution in [0.5, 0.6) is 5.75 Å². The van der Waals surface area contributed by atoms with Gasteiger partial charge in [-0.2, -0.15) is 0 Å². The predicted molar refractivity (Wildman–Crippen MR) is 215 cm³/mol. The number of methoxy groups -OCH3 is 1. The molecule has 0 bridgehead atoms. The van der Waals surface area contributed by atoms with Gasteiger partial charge in [0.15, 0.2) is 11.5 Å². The summed E-state index contributed by atoms with van der Waals surface area (Å²) in [7, 11) is -1.81. The largest absolute Gasteiger partial charge is 0.495 e. The Balaban J connectivity index is 1.69. The Kier molecular flexibility index (Phi) is 15.7. The van der Waals surface area contributed by atoms with E-state index in [0.29, 0.717) is 60.5 Å². The minimum absolute atomic E-state index is 0.0364. The second-order valence-electron chi connectivity index (χ2n) is 13.2. The lowest BCUT2D eigenvalue weighted by Crippen LogP contribution is -2.34. The summed E-state index contributed by atoms with van der Waals surface area (Å²) in [6.07, 6.45) is 8.45. The molecular formula is C40H52N6O7S. The number of aliphatic imine (C=N–C) groups is 1. The zero-order chi connectivity index (χ0) is 39.1. The highest BCUT2D eigenvalue weighted by Gasteiger charge is 2.24. The summed E-state index contributed by atoms with van der Waals surface area (Å²) in [6, 6.07) is 19.7. The average molecular weight is 761 g/mol. The standard InChI is InChI=1S/C40H52N6O7S/c1-5-45(27-25-41-54(4,51)52)30-23-24-32(29(2)28-30)42-37(39(49)44-34-20-15-16-21-35(34)53-3)38-43-33-19-14-13-18-31(33)40(50)46(38)26-17-11-9-7-6-8-10-12-22-36(47)48/h13-16,18-21,23-24,28,41H,5-12,17,22,25-27H2,1-4H3,(H,44,49)(H,47,48). The number of aliphatic carboxylic acids is 1. The van der Waals surface area contributed by atoms with Crippen molar-refractivity contribution < 1.29 is 27.9 Å². The van der Waals surface area contributed by atoms with Gasteiger partial charge < -0.3 is 20.1 Å². The zero-order valence-electron chi connectivity index (χ0n) is 31.6. The number of carboxylic acids is 1. The highest BCUT2D eigenvalue weighted by atomic mass is 32.2. The van der Waals surface area contributed by atoms with Crippen LogP contribution in [0.15, 0.2) is 76.5 Å². The van der Waals surface area contributed by atoms with Crippen LogP contribution in [0, 0.1) is 6.92 Å². The van der Waals surface area contributed by atoms with E-state index < -0.39 is 21.9 Å². The number of hydrogen-bond donors (Lipinski definition) is 3. The molecule has 1 heterocycles. The Morgan fingerprint density at radius 2 is 1.61 bits per heavy atom. The molecule has 0 saturated carbocycles. The third-order valence-electron chi connectivity index (χ3n) is 9.07. The van der Waals surface area contributed by atoms with E-state index in [1.165, 1.54) is 7.11 Å². The maximum atomic E-state index is 14.3. The van der Waals surface area contributed by atoms with E-state index >= 15 is 0 Å². The van der Waals surface area contributed by atoms with Gasteiger partial charge in [-0.3, -0.25) is 19.0 Å². The molecule has 0 atom stereocenters. The van der Waals surface area contributed by atoms with Crippen LogP contribution in [-0.2, 0) is 26.2 Å². The van der Waals surface area contributed by atoms with Gasteiger partial charge in [-0.1, -0.05) is 62.8 Å². The van der Waals surface area contributed by atoms with E-state index in [1.807, 2.05) is 30.9 Å². The van der Waals surface area contributed by atoms with Crippen LogP contribution in [0.1, 0.15) is 76.1 Å². The normalized spacial score (nSPS) is 11.8. The molecule has 0 spiro atoms. The van der Waals surface area contributed by atoms with Gasteiger partial charge in [0.05, 0.1) is 35.6 Å². The van der Waals surface area contributed by atoms with Gasteiger partial charge in [0, 0.05) is 38.3 Å². The van der Waals surface area contributed by atoms with Crippen molar-refractivity contribution in [2.45, 2.75) is 78.2 Å². The lowest BCUT2D eigenvalue weighted by molar-refractivity contribution is -0.137. The number of aromatic nitrogens is 2. The highest BCUT2D eigenvalue weighted by molar-refractivity contribution is 7.88. The van der Waals surface area contributed by atoms with Gasteiger partial charge >= 0.3 is 5.97 Å². The van der Waals surface area contributed by atoms with Crippen molar-refractivity contribution in [2.24, 2.45) is 4.99 Å². The van der Waals surface area contributed by atoms with Gasteiger partial charge in [0.1, 0.15) is 5.75 Å². The number of para-hydroxylation sites is 3. The molecule has 0 fully saturated rings. The van der Waals surface area contributed by atoms with Crippen LogP contribution >= 0.6 is 0 Å². The van der Waals surface area contributed by atoms with E-state index in [4.69, 9.17) is 19.8 Å². The number of nitrogens with one attached hydrogen (secondary N) is 2.